The third-order valence-electron chi connectivity index (χ3n) is 5.18. The summed E-state index contributed by atoms with van der Waals surface area (Å²) in [6.45, 7) is 1.54. The highest BCUT2D eigenvalue weighted by molar-refractivity contribution is 6.21. The number of benzene rings is 1. The first kappa shape index (κ1) is 15.3. The molecule has 1 aromatic carbocycles. The second-order valence-corrected chi connectivity index (χ2v) is 6.63. The van der Waals surface area contributed by atoms with Crippen molar-refractivity contribution in [2.24, 2.45) is 0 Å². The molecule has 2 saturated heterocycles. The van der Waals surface area contributed by atoms with Crippen LogP contribution in [0.4, 0.5) is 0 Å². The highest BCUT2D eigenvalue weighted by atomic mass is 16.5. The summed E-state index contributed by atoms with van der Waals surface area (Å²) in [6.07, 6.45) is 2.88. The van der Waals surface area contributed by atoms with Crippen molar-refractivity contribution in [2.45, 2.75) is 37.8 Å². The number of rotatable bonds is 4. The normalized spacial score (nSPS) is 25.3. The van der Waals surface area contributed by atoms with Crippen molar-refractivity contribution in [1.29, 1.82) is 0 Å². The second-order valence-electron chi connectivity index (χ2n) is 6.63. The van der Waals surface area contributed by atoms with Crippen molar-refractivity contribution in [3.05, 3.63) is 35.4 Å². The van der Waals surface area contributed by atoms with Crippen molar-refractivity contribution in [2.75, 3.05) is 19.8 Å². The van der Waals surface area contributed by atoms with Gasteiger partial charge in [0.25, 0.3) is 11.8 Å². The van der Waals surface area contributed by atoms with E-state index in [1.54, 1.807) is 24.3 Å². The molecule has 0 spiro atoms. The molecule has 1 aromatic rings. The monoisotopic (exact) mass is 328 g/mol. The van der Waals surface area contributed by atoms with E-state index in [1.807, 2.05) is 4.90 Å². The van der Waals surface area contributed by atoms with Crippen molar-refractivity contribution in [3.63, 3.8) is 0 Å². The first-order valence-corrected chi connectivity index (χ1v) is 8.51. The highest BCUT2D eigenvalue weighted by Crippen LogP contribution is 2.29. The first-order valence-electron chi connectivity index (χ1n) is 8.51. The van der Waals surface area contributed by atoms with Gasteiger partial charge in [0.15, 0.2) is 0 Å². The van der Waals surface area contributed by atoms with E-state index < -0.39 is 0 Å². The number of amides is 3. The number of imide groups is 1. The van der Waals surface area contributed by atoms with E-state index in [0.717, 1.165) is 12.8 Å². The molecule has 0 aromatic heterocycles. The fraction of sp³-hybridized carbons (Fsp3) is 0.500. The van der Waals surface area contributed by atoms with Crippen LogP contribution in [-0.4, -0.2) is 59.4 Å². The topological polar surface area (TPSA) is 66.9 Å². The van der Waals surface area contributed by atoms with Gasteiger partial charge in [-0.15, -0.1) is 0 Å². The van der Waals surface area contributed by atoms with Crippen LogP contribution in [0.2, 0.25) is 0 Å². The Hall–Kier alpha value is -2.21. The zero-order chi connectivity index (χ0) is 16.7. The SMILES string of the molecule is O=C1c2ccccc2C(=O)N1CCCC(=O)N1[C@@H]2CC[C@@H]1COC2. The molecule has 24 heavy (non-hydrogen) atoms. The van der Waals surface area contributed by atoms with Gasteiger partial charge in [-0.05, 0) is 31.4 Å². The summed E-state index contributed by atoms with van der Waals surface area (Å²) in [4.78, 5) is 40.3. The molecule has 2 fully saturated rings. The number of morpholine rings is 1. The number of hydrogen-bond acceptors (Lipinski definition) is 4. The molecule has 2 atom stereocenters. The molecule has 0 unspecified atom stereocenters. The van der Waals surface area contributed by atoms with Crippen LogP contribution in [0.5, 0.6) is 0 Å². The largest absolute Gasteiger partial charge is 0.377 e. The summed E-state index contributed by atoms with van der Waals surface area (Å²) >= 11 is 0. The summed E-state index contributed by atoms with van der Waals surface area (Å²) < 4.78 is 5.50. The number of carbonyl (C=O) groups excluding carboxylic acids is 3. The second kappa shape index (κ2) is 6.02. The quantitative estimate of drug-likeness (QED) is 0.785. The third-order valence-corrected chi connectivity index (χ3v) is 5.18. The van der Waals surface area contributed by atoms with Gasteiger partial charge in [0.05, 0.1) is 36.4 Å². The third kappa shape index (κ3) is 2.41. The standard InChI is InChI=1S/C18H20N2O4/c21-16(20-12-7-8-13(20)11-24-10-12)6-3-9-19-17(22)14-4-1-2-5-15(14)18(19)23/h1-2,4-5,12-13H,3,6-11H2/t12-,13-/m1/s1. The van der Waals surface area contributed by atoms with E-state index in [1.165, 1.54) is 4.90 Å². The Kier molecular flexibility index (Phi) is 3.84. The summed E-state index contributed by atoms with van der Waals surface area (Å²) in [5, 5.41) is 0. The van der Waals surface area contributed by atoms with Gasteiger partial charge in [0.2, 0.25) is 5.91 Å². The zero-order valence-corrected chi connectivity index (χ0v) is 13.4. The predicted octanol–water partition coefficient (Wildman–Crippen LogP) is 1.45. The molecular formula is C18H20N2O4. The lowest BCUT2D eigenvalue weighted by atomic mass is 10.1. The maximum Gasteiger partial charge on any atom is 0.261 e. The average molecular weight is 328 g/mol. The van der Waals surface area contributed by atoms with Crippen molar-refractivity contribution < 1.29 is 19.1 Å². The molecule has 6 heteroatoms. The Morgan fingerprint density at radius 1 is 1.04 bits per heavy atom. The zero-order valence-electron chi connectivity index (χ0n) is 13.4. The molecule has 0 radical (unpaired) electrons. The molecule has 3 heterocycles. The molecule has 0 aliphatic carbocycles. The minimum absolute atomic E-state index is 0.113. The summed E-state index contributed by atoms with van der Waals surface area (Å²) in [5.41, 5.74) is 0.917. The maximum absolute atomic E-state index is 12.5. The number of fused-ring (bicyclic) bond motifs is 3. The minimum Gasteiger partial charge on any atom is -0.377 e. The maximum atomic E-state index is 12.5. The van der Waals surface area contributed by atoms with Crippen molar-refractivity contribution in [3.8, 4) is 0 Å². The van der Waals surface area contributed by atoms with Gasteiger partial charge < -0.3 is 9.64 Å². The van der Waals surface area contributed by atoms with Gasteiger partial charge >= 0.3 is 0 Å². The van der Waals surface area contributed by atoms with Crippen LogP contribution in [0.3, 0.4) is 0 Å². The Morgan fingerprint density at radius 3 is 2.21 bits per heavy atom. The molecule has 6 nitrogen and oxygen atoms in total. The summed E-state index contributed by atoms with van der Waals surface area (Å²) in [5.74, 6) is -0.397. The smallest absolute Gasteiger partial charge is 0.261 e. The van der Waals surface area contributed by atoms with Gasteiger partial charge in [-0.25, -0.2) is 0 Å². The molecule has 0 N–H and O–H groups in total. The van der Waals surface area contributed by atoms with E-state index in [2.05, 4.69) is 0 Å². The molecule has 0 saturated carbocycles. The van der Waals surface area contributed by atoms with Crippen LogP contribution in [0.25, 0.3) is 0 Å². The molecule has 126 valence electrons. The average Bonchev–Trinajstić information content (AvgIpc) is 2.99. The van der Waals surface area contributed by atoms with Crippen LogP contribution in [0.15, 0.2) is 24.3 Å². The van der Waals surface area contributed by atoms with Gasteiger partial charge in [-0.2, -0.15) is 0 Å². The Bertz CT molecular complexity index is 651. The Morgan fingerprint density at radius 2 is 1.62 bits per heavy atom. The lowest BCUT2D eigenvalue weighted by molar-refractivity contribution is -0.141. The van der Waals surface area contributed by atoms with Crippen LogP contribution < -0.4 is 0 Å². The van der Waals surface area contributed by atoms with E-state index in [9.17, 15) is 14.4 Å². The molecule has 3 aliphatic heterocycles. The van der Waals surface area contributed by atoms with E-state index in [4.69, 9.17) is 4.74 Å². The summed E-state index contributed by atoms with van der Waals surface area (Å²) in [6, 6.07) is 7.26. The van der Waals surface area contributed by atoms with E-state index in [-0.39, 0.29) is 36.3 Å². The van der Waals surface area contributed by atoms with Gasteiger partial charge in [0, 0.05) is 13.0 Å². The van der Waals surface area contributed by atoms with Crippen LogP contribution in [0, 0.1) is 0 Å². The molecular weight excluding hydrogens is 308 g/mol. The lowest BCUT2D eigenvalue weighted by Crippen LogP contribution is -2.49. The first-order chi connectivity index (χ1) is 11.7. The predicted molar refractivity (Wildman–Crippen MR) is 85.5 cm³/mol. The number of carbonyl (C=O) groups is 3. The van der Waals surface area contributed by atoms with Crippen LogP contribution in [0.1, 0.15) is 46.4 Å². The van der Waals surface area contributed by atoms with Crippen LogP contribution >= 0.6 is 0 Å². The highest BCUT2D eigenvalue weighted by Gasteiger charge is 2.40. The van der Waals surface area contributed by atoms with Crippen LogP contribution in [-0.2, 0) is 9.53 Å². The lowest BCUT2D eigenvalue weighted by Gasteiger charge is -2.34. The van der Waals surface area contributed by atoms with Gasteiger partial charge in [0.1, 0.15) is 0 Å². The number of hydrogen-bond donors (Lipinski definition) is 0. The minimum atomic E-state index is -0.255. The molecule has 2 bridgehead atoms. The van der Waals surface area contributed by atoms with Crippen molar-refractivity contribution in [1.82, 2.24) is 9.80 Å². The van der Waals surface area contributed by atoms with Gasteiger partial charge in [-0.1, -0.05) is 12.1 Å². The van der Waals surface area contributed by atoms with Crippen molar-refractivity contribution >= 4 is 17.7 Å². The number of nitrogens with zero attached hydrogens (tertiary/aromatic N) is 2. The Labute approximate surface area is 140 Å². The van der Waals surface area contributed by atoms with Gasteiger partial charge in [-0.3, -0.25) is 19.3 Å². The fourth-order valence-electron chi connectivity index (χ4n) is 4.00. The van der Waals surface area contributed by atoms with E-state index in [0.29, 0.717) is 37.2 Å². The fourth-order valence-corrected chi connectivity index (χ4v) is 4.00. The Balaban J connectivity index is 1.34. The number of ether oxygens (including phenoxy) is 1. The van der Waals surface area contributed by atoms with E-state index >= 15 is 0 Å². The molecule has 3 amide bonds. The molecule has 3 aliphatic rings. The molecule has 4 rings (SSSR count). The summed E-state index contributed by atoms with van der Waals surface area (Å²) in [7, 11) is 0.